The van der Waals surface area contributed by atoms with Gasteiger partial charge in [0.15, 0.2) is 0 Å². The first-order valence-electron chi connectivity index (χ1n) is 9.46. The van der Waals surface area contributed by atoms with Gasteiger partial charge in [-0.1, -0.05) is 37.3 Å². The molecule has 0 saturated heterocycles. The minimum atomic E-state index is -0.374. The lowest BCUT2D eigenvalue weighted by atomic mass is 10.1. The number of esters is 1. The van der Waals surface area contributed by atoms with Crippen molar-refractivity contribution in [2.24, 2.45) is 0 Å². The molecule has 2 aromatic carbocycles. The molecule has 0 aliphatic carbocycles. The third kappa shape index (κ3) is 8.03. The van der Waals surface area contributed by atoms with Crippen molar-refractivity contribution in [3.8, 4) is 0 Å². The monoisotopic (exact) mass is 382 g/mol. The van der Waals surface area contributed by atoms with E-state index >= 15 is 0 Å². The molecule has 0 atom stereocenters. The highest BCUT2D eigenvalue weighted by molar-refractivity contribution is 5.93. The molecule has 148 valence electrons. The van der Waals surface area contributed by atoms with Gasteiger partial charge in [0.1, 0.15) is 0 Å². The predicted octanol–water partition coefficient (Wildman–Crippen LogP) is 3.93. The molecule has 0 unspecified atom stereocenters. The second-order valence-electron chi connectivity index (χ2n) is 6.34. The summed E-state index contributed by atoms with van der Waals surface area (Å²) in [6.07, 6.45) is 2.11. The maximum absolute atomic E-state index is 12.0. The third-order valence-corrected chi connectivity index (χ3v) is 4.05. The van der Waals surface area contributed by atoms with Gasteiger partial charge in [0.2, 0.25) is 11.8 Å². The van der Waals surface area contributed by atoms with E-state index in [0.717, 1.165) is 12.8 Å². The fourth-order valence-electron chi connectivity index (χ4n) is 2.50. The number of hydrogen-bond donors (Lipinski definition) is 2. The van der Waals surface area contributed by atoms with Crippen LogP contribution >= 0.6 is 0 Å². The second kappa shape index (κ2) is 11.5. The zero-order valence-electron chi connectivity index (χ0n) is 16.1. The van der Waals surface area contributed by atoms with Gasteiger partial charge in [-0.15, -0.1) is 0 Å². The fourth-order valence-corrected chi connectivity index (χ4v) is 2.50. The van der Waals surface area contributed by atoms with Crippen LogP contribution in [0, 0.1) is 0 Å². The third-order valence-electron chi connectivity index (χ3n) is 4.05. The van der Waals surface area contributed by atoms with Crippen LogP contribution in [0.4, 0.5) is 11.4 Å². The molecule has 2 rings (SSSR count). The van der Waals surface area contributed by atoms with Crippen molar-refractivity contribution in [2.45, 2.75) is 39.0 Å². The van der Waals surface area contributed by atoms with Gasteiger partial charge in [0.25, 0.3) is 0 Å². The Kier molecular flexibility index (Phi) is 8.72. The van der Waals surface area contributed by atoms with E-state index in [4.69, 9.17) is 4.74 Å². The number of ether oxygens (including phenoxy) is 1. The van der Waals surface area contributed by atoms with E-state index in [1.165, 1.54) is 5.56 Å². The zero-order valence-corrected chi connectivity index (χ0v) is 16.1. The van der Waals surface area contributed by atoms with Crippen LogP contribution in [-0.4, -0.2) is 24.4 Å². The number of carbonyl (C=O) groups excluding carboxylic acids is 3. The SMILES string of the molecule is CCC(=O)Nc1ccc(NC(=O)CCC(=O)OCCCc2ccccc2)cc1. The molecule has 0 aliphatic heterocycles. The van der Waals surface area contributed by atoms with Gasteiger partial charge in [0.05, 0.1) is 13.0 Å². The van der Waals surface area contributed by atoms with Crippen molar-refractivity contribution in [1.82, 2.24) is 0 Å². The van der Waals surface area contributed by atoms with Gasteiger partial charge < -0.3 is 15.4 Å². The van der Waals surface area contributed by atoms with Crippen LogP contribution in [0.25, 0.3) is 0 Å². The van der Waals surface area contributed by atoms with E-state index in [1.807, 2.05) is 30.3 Å². The molecule has 28 heavy (non-hydrogen) atoms. The lowest BCUT2D eigenvalue weighted by Gasteiger charge is -2.08. The molecule has 0 radical (unpaired) electrons. The highest BCUT2D eigenvalue weighted by Gasteiger charge is 2.09. The molecule has 6 nitrogen and oxygen atoms in total. The molecule has 0 aliphatic rings. The highest BCUT2D eigenvalue weighted by atomic mass is 16.5. The van der Waals surface area contributed by atoms with Gasteiger partial charge in [-0.2, -0.15) is 0 Å². The summed E-state index contributed by atoms with van der Waals surface area (Å²) in [5.74, 6) is -0.702. The fraction of sp³-hybridized carbons (Fsp3) is 0.318. The van der Waals surface area contributed by atoms with Crippen LogP contribution in [-0.2, 0) is 25.5 Å². The van der Waals surface area contributed by atoms with Crippen molar-refractivity contribution in [3.63, 3.8) is 0 Å². The number of anilines is 2. The molecular formula is C22H26N2O4. The van der Waals surface area contributed by atoms with Crippen LogP contribution in [0.1, 0.15) is 38.2 Å². The van der Waals surface area contributed by atoms with E-state index in [-0.39, 0.29) is 30.6 Å². The van der Waals surface area contributed by atoms with Crippen LogP contribution in [0.2, 0.25) is 0 Å². The molecule has 0 aromatic heterocycles. The molecule has 0 heterocycles. The Balaban J connectivity index is 1.62. The Labute approximate surface area is 165 Å². The Bertz CT molecular complexity index is 773. The minimum absolute atomic E-state index is 0.0435. The molecule has 6 heteroatoms. The molecule has 2 N–H and O–H groups in total. The maximum atomic E-state index is 12.0. The number of nitrogens with one attached hydrogen (secondary N) is 2. The van der Waals surface area contributed by atoms with Crippen LogP contribution in [0.5, 0.6) is 0 Å². The summed E-state index contributed by atoms with van der Waals surface area (Å²) in [4.78, 5) is 35.0. The molecule has 2 aromatic rings. The van der Waals surface area contributed by atoms with Crippen molar-refractivity contribution >= 4 is 29.2 Å². The van der Waals surface area contributed by atoms with Crippen molar-refractivity contribution in [3.05, 3.63) is 60.2 Å². The highest BCUT2D eigenvalue weighted by Crippen LogP contribution is 2.14. The molecule has 0 saturated carbocycles. The van der Waals surface area contributed by atoms with E-state index < -0.39 is 0 Å². The number of hydrogen-bond acceptors (Lipinski definition) is 4. The summed E-state index contributed by atoms with van der Waals surface area (Å²) in [6, 6.07) is 16.8. The maximum Gasteiger partial charge on any atom is 0.306 e. The summed E-state index contributed by atoms with van der Waals surface area (Å²) in [7, 11) is 0. The lowest BCUT2D eigenvalue weighted by Crippen LogP contribution is -2.15. The van der Waals surface area contributed by atoms with Crippen LogP contribution < -0.4 is 10.6 Å². The number of aryl methyl sites for hydroxylation is 1. The molecule has 2 amide bonds. The quantitative estimate of drug-likeness (QED) is 0.482. The van der Waals surface area contributed by atoms with Gasteiger partial charge in [-0.25, -0.2) is 0 Å². The van der Waals surface area contributed by atoms with E-state index in [1.54, 1.807) is 31.2 Å². The molecular weight excluding hydrogens is 356 g/mol. The lowest BCUT2D eigenvalue weighted by molar-refractivity contribution is -0.144. The normalized spacial score (nSPS) is 10.2. The summed E-state index contributed by atoms with van der Waals surface area (Å²) in [5.41, 5.74) is 2.48. The Morgan fingerprint density at radius 3 is 2.04 bits per heavy atom. The smallest absolute Gasteiger partial charge is 0.306 e. The molecule has 0 bridgehead atoms. The van der Waals surface area contributed by atoms with E-state index in [2.05, 4.69) is 10.6 Å². The van der Waals surface area contributed by atoms with Crippen molar-refractivity contribution in [1.29, 1.82) is 0 Å². The largest absolute Gasteiger partial charge is 0.466 e. The summed E-state index contributed by atoms with van der Waals surface area (Å²) in [5, 5.41) is 5.46. The molecule has 0 fully saturated rings. The summed E-state index contributed by atoms with van der Waals surface area (Å²) >= 11 is 0. The number of carbonyl (C=O) groups is 3. The van der Waals surface area contributed by atoms with Gasteiger partial charge in [0, 0.05) is 24.2 Å². The van der Waals surface area contributed by atoms with E-state index in [0.29, 0.717) is 24.4 Å². The zero-order chi connectivity index (χ0) is 20.2. The average Bonchev–Trinajstić information content (AvgIpc) is 2.72. The average molecular weight is 382 g/mol. The van der Waals surface area contributed by atoms with E-state index in [9.17, 15) is 14.4 Å². The summed E-state index contributed by atoms with van der Waals surface area (Å²) in [6.45, 7) is 2.12. The second-order valence-corrected chi connectivity index (χ2v) is 6.34. The predicted molar refractivity (Wildman–Crippen MR) is 109 cm³/mol. The molecule has 0 spiro atoms. The Hall–Kier alpha value is -3.15. The van der Waals surface area contributed by atoms with Crippen molar-refractivity contribution in [2.75, 3.05) is 17.2 Å². The van der Waals surface area contributed by atoms with Gasteiger partial charge >= 0.3 is 5.97 Å². The first-order valence-corrected chi connectivity index (χ1v) is 9.46. The number of amides is 2. The number of rotatable bonds is 10. The van der Waals surface area contributed by atoms with Crippen LogP contribution in [0.15, 0.2) is 54.6 Å². The van der Waals surface area contributed by atoms with Crippen molar-refractivity contribution < 1.29 is 19.1 Å². The Morgan fingerprint density at radius 1 is 0.821 bits per heavy atom. The first-order chi connectivity index (χ1) is 13.6. The summed E-state index contributed by atoms with van der Waals surface area (Å²) < 4.78 is 5.17. The van der Waals surface area contributed by atoms with Gasteiger partial charge in [-0.05, 0) is 42.7 Å². The van der Waals surface area contributed by atoms with Crippen LogP contribution in [0.3, 0.4) is 0 Å². The first kappa shape index (κ1) is 21.2. The van der Waals surface area contributed by atoms with Gasteiger partial charge in [-0.3, -0.25) is 14.4 Å². The number of benzene rings is 2. The standard InChI is InChI=1S/C22H26N2O4/c1-2-20(25)23-18-10-12-19(13-11-18)24-21(26)14-15-22(27)28-16-6-9-17-7-4-3-5-8-17/h3-5,7-8,10-13H,2,6,9,14-16H2,1H3,(H,23,25)(H,24,26). The minimum Gasteiger partial charge on any atom is -0.466 e. The Morgan fingerprint density at radius 2 is 1.43 bits per heavy atom. The topological polar surface area (TPSA) is 84.5 Å².